The standard InChI is InChI=1S/C17H17F3N4/c1-16(7-14(17(18,19)20)6-15(21)24-16)13-4-2-3-11(5-13)12-8-22-10-23-9-12/h2-5,8-10,14H,6-7H2,1H3,(H2,21,24)/t14-,16+/m1/s1. The second-order valence-electron chi connectivity index (χ2n) is 6.23. The summed E-state index contributed by atoms with van der Waals surface area (Å²) in [5.41, 5.74) is 7.03. The average molecular weight is 334 g/mol. The molecule has 0 saturated carbocycles. The quantitative estimate of drug-likeness (QED) is 0.911. The highest BCUT2D eigenvalue weighted by Crippen LogP contribution is 2.44. The molecule has 3 rings (SSSR count). The summed E-state index contributed by atoms with van der Waals surface area (Å²) >= 11 is 0. The second-order valence-corrected chi connectivity index (χ2v) is 6.23. The van der Waals surface area contributed by atoms with Gasteiger partial charge in [0.2, 0.25) is 0 Å². The molecule has 0 aliphatic carbocycles. The van der Waals surface area contributed by atoms with Crippen LogP contribution in [0.1, 0.15) is 25.3 Å². The molecule has 0 bridgehead atoms. The summed E-state index contributed by atoms with van der Waals surface area (Å²) < 4.78 is 39.6. The molecule has 1 aliphatic heterocycles. The van der Waals surface area contributed by atoms with Gasteiger partial charge in [0.05, 0.1) is 17.3 Å². The first-order chi connectivity index (χ1) is 11.3. The summed E-state index contributed by atoms with van der Waals surface area (Å²) in [6.07, 6.45) is 0.0929. The van der Waals surface area contributed by atoms with Crippen LogP contribution >= 0.6 is 0 Å². The van der Waals surface area contributed by atoms with Crippen LogP contribution in [0.2, 0.25) is 0 Å². The van der Waals surface area contributed by atoms with Crippen LogP contribution in [0.15, 0.2) is 48.0 Å². The SMILES string of the molecule is C[C@@]1(c2cccc(-c3cncnc3)c2)C[C@H](C(F)(F)F)CC(N)=N1. The normalized spacial score (nSPS) is 24.5. The van der Waals surface area contributed by atoms with Crippen LogP contribution in [0.25, 0.3) is 11.1 Å². The summed E-state index contributed by atoms with van der Waals surface area (Å²) in [6, 6.07) is 7.27. The van der Waals surface area contributed by atoms with Crippen molar-refractivity contribution in [1.82, 2.24) is 9.97 Å². The van der Waals surface area contributed by atoms with Gasteiger partial charge in [-0.2, -0.15) is 13.2 Å². The molecule has 0 amide bonds. The maximum Gasteiger partial charge on any atom is 0.392 e. The maximum absolute atomic E-state index is 13.2. The lowest BCUT2D eigenvalue weighted by Gasteiger charge is -2.36. The first kappa shape index (κ1) is 16.4. The Labute approximate surface area is 137 Å². The molecule has 0 saturated heterocycles. The van der Waals surface area contributed by atoms with Crippen LogP contribution in [0.4, 0.5) is 13.2 Å². The Kier molecular flexibility index (Phi) is 4.03. The molecular formula is C17H17F3N4. The maximum atomic E-state index is 13.2. The minimum atomic E-state index is -4.29. The fourth-order valence-electron chi connectivity index (χ4n) is 3.11. The fourth-order valence-corrected chi connectivity index (χ4v) is 3.11. The van der Waals surface area contributed by atoms with E-state index >= 15 is 0 Å². The van der Waals surface area contributed by atoms with E-state index in [0.29, 0.717) is 5.56 Å². The molecule has 2 aromatic rings. The fraction of sp³-hybridized carbons (Fsp3) is 0.353. The first-order valence-corrected chi connectivity index (χ1v) is 7.55. The summed E-state index contributed by atoms with van der Waals surface area (Å²) in [5, 5.41) is 0. The smallest absolute Gasteiger partial charge is 0.387 e. The predicted molar refractivity (Wildman–Crippen MR) is 85.2 cm³/mol. The molecule has 7 heteroatoms. The third-order valence-electron chi connectivity index (χ3n) is 4.33. The summed E-state index contributed by atoms with van der Waals surface area (Å²) in [4.78, 5) is 12.3. The molecule has 0 radical (unpaired) electrons. The molecule has 1 aromatic carbocycles. The number of nitrogens with two attached hydrogens (primary N) is 1. The largest absolute Gasteiger partial charge is 0.392 e. The van der Waals surface area contributed by atoms with Gasteiger partial charge in [0.25, 0.3) is 0 Å². The molecule has 4 nitrogen and oxygen atoms in total. The summed E-state index contributed by atoms with van der Waals surface area (Å²) in [6.45, 7) is 1.69. The number of alkyl halides is 3. The number of hydrogen-bond acceptors (Lipinski definition) is 4. The average Bonchev–Trinajstić information content (AvgIpc) is 2.54. The zero-order valence-electron chi connectivity index (χ0n) is 13.1. The summed E-state index contributed by atoms with van der Waals surface area (Å²) in [5.74, 6) is -1.44. The van der Waals surface area contributed by atoms with Gasteiger partial charge in [-0.1, -0.05) is 18.2 Å². The number of amidine groups is 1. The Hall–Kier alpha value is -2.44. The Morgan fingerprint density at radius 3 is 2.54 bits per heavy atom. The monoisotopic (exact) mass is 334 g/mol. The molecule has 0 unspecified atom stereocenters. The molecule has 0 spiro atoms. The minimum absolute atomic E-state index is 0.0412. The zero-order chi connectivity index (χ0) is 17.4. The predicted octanol–water partition coefficient (Wildman–Crippen LogP) is 3.69. The Morgan fingerprint density at radius 1 is 1.17 bits per heavy atom. The highest BCUT2D eigenvalue weighted by atomic mass is 19.4. The third kappa shape index (κ3) is 3.25. The van der Waals surface area contributed by atoms with E-state index in [1.54, 1.807) is 31.5 Å². The van der Waals surface area contributed by atoms with Crippen molar-refractivity contribution in [2.45, 2.75) is 31.5 Å². The van der Waals surface area contributed by atoms with Gasteiger partial charge in [-0.05, 0) is 30.5 Å². The van der Waals surface area contributed by atoms with E-state index < -0.39 is 17.6 Å². The van der Waals surface area contributed by atoms with Gasteiger partial charge < -0.3 is 5.73 Å². The topological polar surface area (TPSA) is 64.2 Å². The Bertz CT molecular complexity index is 758. The van der Waals surface area contributed by atoms with Crippen LogP contribution in [0, 0.1) is 5.92 Å². The lowest BCUT2D eigenvalue weighted by atomic mass is 9.78. The molecule has 1 aromatic heterocycles. The number of rotatable bonds is 2. The van der Waals surface area contributed by atoms with Crippen molar-refractivity contribution in [1.29, 1.82) is 0 Å². The molecule has 2 heterocycles. The van der Waals surface area contributed by atoms with E-state index in [-0.39, 0.29) is 18.7 Å². The Balaban J connectivity index is 2.00. The van der Waals surface area contributed by atoms with Crippen LogP contribution in [0.5, 0.6) is 0 Å². The van der Waals surface area contributed by atoms with E-state index in [2.05, 4.69) is 15.0 Å². The number of benzene rings is 1. The minimum Gasteiger partial charge on any atom is -0.387 e. The van der Waals surface area contributed by atoms with Crippen LogP contribution in [-0.4, -0.2) is 22.0 Å². The lowest BCUT2D eigenvalue weighted by molar-refractivity contribution is -0.179. The Morgan fingerprint density at radius 2 is 1.88 bits per heavy atom. The van der Waals surface area contributed by atoms with Crippen molar-refractivity contribution in [3.63, 3.8) is 0 Å². The number of halogens is 3. The molecule has 1 aliphatic rings. The van der Waals surface area contributed by atoms with Gasteiger partial charge in [0, 0.05) is 24.4 Å². The van der Waals surface area contributed by atoms with Gasteiger partial charge in [-0.15, -0.1) is 0 Å². The van der Waals surface area contributed by atoms with Crippen molar-refractivity contribution in [3.8, 4) is 11.1 Å². The van der Waals surface area contributed by atoms with Gasteiger partial charge in [0.15, 0.2) is 0 Å². The van der Waals surface area contributed by atoms with Crippen molar-refractivity contribution in [2.24, 2.45) is 16.6 Å². The van der Waals surface area contributed by atoms with Crippen molar-refractivity contribution < 1.29 is 13.2 Å². The van der Waals surface area contributed by atoms with Crippen molar-refractivity contribution in [3.05, 3.63) is 48.5 Å². The van der Waals surface area contributed by atoms with Crippen LogP contribution < -0.4 is 5.73 Å². The van der Waals surface area contributed by atoms with E-state index in [4.69, 9.17) is 5.73 Å². The van der Waals surface area contributed by atoms with Crippen molar-refractivity contribution >= 4 is 5.84 Å². The van der Waals surface area contributed by atoms with E-state index in [0.717, 1.165) is 11.1 Å². The third-order valence-corrected chi connectivity index (χ3v) is 4.33. The molecule has 2 atom stereocenters. The van der Waals surface area contributed by atoms with Crippen LogP contribution in [-0.2, 0) is 5.54 Å². The van der Waals surface area contributed by atoms with E-state index in [1.165, 1.54) is 6.33 Å². The molecular weight excluding hydrogens is 317 g/mol. The van der Waals surface area contributed by atoms with Crippen LogP contribution in [0.3, 0.4) is 0 Å². The number of aromatic nitrogens is 2. The van der Waals surface area contributed by atoms with Gasteiger partial charge >= 0.3 is 6.18 Å². The first-order valence-electron chi connectivity index (χ1n) is 7.55. The van der Waals surface area contributed by atoms with Gasteiger partial charge in [0.1, 0.15) is 6.33 Å². The number of aliphatic imine (C=N–C) groups is 1. The highest BCUT2D eigenvalue weighted by Gasteiger charge is 2.47. The number of nitrogens with zero attached hydrogens (tertiary/aromatic N) is 3. The van der Waals surface area contributed by atoms with Gasteiger partial charge in [-0.3, -0.25) is 4.99 Å². The number of hydrogen-bond donors (Lipinski definition) is 1. The van der Waals surface area contributed by atoms with Crippen molar-refractivity contribution in [2.75, 3.05) is 0 Å². The molecule has 0 fully saturated rings. The zero-order valence-corrected chi connectivity index (χ0v) is 13.1. The highest BCUT2D eigenvalue weighted by molar-refractivity contribution is 5.82. The molecule has 2 N–H and O–H groups in total. The molecule has 126 valence electrons. The second kappa shape index (κ2) is 5.89. The molecule has 24 heavy (non-hydrogen) atoms. The van der Waals surface area contributed by atoms with Gasteiger partial charge in [-0.25, -0.2) is 9.97 Å². The lowest BCUT2D eigenvalue weighted by Crippen LogP contribution is -2.40. The van der Waals surface area contributed by atoms with E-state index in [9.17, 15) is 13.2 Å². The summed E-state index contributed by atoms with van der Waals surface area (Å²) in [7, 11) is 0. The van der Waals surface area contributed by atoms with E-state index in [1.807, 2.05) is 12.1 Å².